The molecule has 0 spiro atoms. The van der Waals surface area contributed by atoms with E-state index >= 15 is 0 Å². The standard InChI is InChI=1S/C27H46O3Si3/c1-27-18-24(29-32(5,6)7)26-21-14-12-20(28-31(2,3)4)17-19(21)11-13-22(26)23(27)15-16-25(27)30-33(8,9)10/h11-14,17,22-26H,15-16,18H2,1-10H3. The number of benzene rings is 1. The Morgan fingerprint density at radius 3 is 2.12 bits per heavy atom. The van der Waals surface area contributed by atoms with E-state index in [4.69, 9.17) is 13.3 Å². The fraction of sp³-hybridized carbons (Fsp3) is 0.704. The molecule has 1 aromatic carbocycles. The summed E-state index contributed by atoms with van der Waals surface area (Å²) in [5, 5.41) is 0. The smallest absolute Gasteiger partial charge is 0.242 e. The molecule has 0 radical (unpaired) electrons. The zero-order chi connectivity index (χ0) is 24.4. The molecule has 6 atom stereocenters. The van der Waals surface area contributed by atoms with Crippen molar-refractivity contribution in [1.82, 2.24) is 0 Å². The van der Waals surface area contributed by atoms with Crippen LogP contribution in [0.5, 0.6) is 5.75 Å². The molecule has 0 aliphatic heterocycles. The van der Waals surface area contributed by atoms with Crippen LogP contribution in [0, 0.1) is 17.3 Å². The summed E-state index contributed by atoms with van der Waals surface area (Å²) in [5.74, 6) is 2.63. The van der Waals surface area contributed by atoms with Crippen LogP contribution in [0.3, 0.4) is 0 Å². The molecule has 0 aromatic heterocycles. The van der Waals surface area contributed by atoms with Crippen LogP contribution < -0.4 is 4.43 Å². The van der Waals surface area contributed by atoms with Crippen molar-refractivity contribution in [1.29, 1.82) is 0 Å². The van der Waals surface area contributed by atoms with Crippen molar-refractivity contribution < 1.29 is 13.3 Å². The van der Waals surface area contributed by atoms with E-state index in [1.54, 1.807) is 0 Å². The summed E-state index contributed by atoms with van der Waals surface area (Å²) in [6.45, 7) is 23.3. The maximum absolute atomic E-state index is 7.00. The second-order valence-corrected chi connectivity index (χ2v) is 27.2. The van der Waals surface area contributed by atoms with Crippen LogP contribution in [0.2, 0.25) is 58.9 Å². The van der Waals surface area contributed by atoms with Crippen LogP contribution in [0.4, 0.5) is 0 Å². The third kappa shape index (κ3) is 5.45. The molecule has 0 heterocycles. The zero-order valence-corrected chi connectivity index (χ0v) is 25.6. The van der Waals surface area contributed by atoms with Gasteiger partial charge in [0.2, 0.25) is 8.32 Å². The topological polar surface area (TPSA) is 27.7 Å². The van der Waals surface area contributed by atoms with Crippen LogP contribution in [0.15, 0.2) is 24.3 Å². The van der Waals surface area contributed by atoms with Gasteiger partial charge in [0.15, 0.2) is 16.6 Å². The summed E-state index contributed by atoms with van der Waals surface area (Å²) in [4.78, 5) is 0. The van der Waals surface area contributed by atoms with Gasteiger partial charge < -0.3 is 13.3 Å². The average molecular weight is 503 g/mol. The maximum atomic E-state index is 7.00. The fourth-order valence-corrected chi connectivity index (χ4v) is 9.90. The predicted molar refractivity (Wildman–Crippen MR) is 148 cm³/mol. The number of allylic oxidation sites excluding steroid dienone is 1. The van der Waals surface area contributed by atoms with E-state index in [1.165, 1.54) is 24.0 Å². The SMILES string of the molecule is CC12CC(O[Si](C)(C)C)C3c4ccc(O[Si](C)(C)C)cc4C=CC3C1CCC2O[Si](C)(C)C. The molecule has 1 aromatic rings. The molecule has 0 saturated heterocycles. The van der Waals surface area contributed by atoms with Crippen LogP contribution in [0.25, 0.3) is 6.08 Å². The Morgan fingerprint density at radius 1 is 0.848 bits per heavy atom. The summed E-state index contributed by atoms with van der Waals surface area (Å²) in [7, 11) is -4.94. The number of fused-ring (bicyclic) bond motifs is 5. The molecule has 0 amide bonds. The van der Waals surface area contributed by atoms with Crippen LogP contribution in [-0.2, 0) is 8.85 Å². The molecule has 2 saturated carbocycles. The minimum absolute atomic E-state index is 0.189. The van der Waals surface area contributed by atoms with Gasteiger partial charge in [0, 0.05) is 5.92 Å². The van der Waals surface area contributed by atoms with Gasteiger partial charge >= 0.3 is 0 Å². The second kappa shape index (κ2) is 8.47. The highest BCUT2D eigenvalue weighted by Gasteiger charge is 2.58. The number of hydrogen-bond acceptors (Lipinski definition) is 3. The Bertz CT molecular complexity index is 909. The third-order valence-corrected chi connectivity index (χ3v) is 10.4. The molecule has 33 heavy (non-hydrogen) atoms. The van der Waals surface area contributed by atoms with Gasteiger partial charge in [0.1, 0.15) is 5.75 Å². The largest absolute Gasteiger partial charge is 0.544 e. The highest BCUT2D eigenvalue weighted by Crippen LogP contribution is 2.62. The molecule has 0 bridgehead atoms. The van der Waals surface area contributed by atoms with Gasteiger partial charge in [0.05, 0.1) is 12.2 Å². The average Bonchev–Trinajstić information content (AvgIpc) is 2.93. The number of hydrogen-bond donors (Lipinski definition) is 0. The molecule has 6 unspecified atom stereocenters. The van der Waals surface area contributed by atoms with Gasteiger partial charge in [0.25, 0.3) is 0 Å². The first kappa shape index (κ1) is 25.4. The minimum Gasteiger partial charge on any atom is -0.544 e. The molecule has 6 heteroatoms. The molecular formula is C27H46O3Si3. The molecule has 2 fully saturated rings. The van der Waals surface area contributed by atoms with E-state index in [1.807, 2.05) is 0 Å². The third-order valence-electron chi connectivity index (χ3n) is 7.58. The van der Waals surface area contributed by atoms with Gasteiger partial charge in [-0.3, -0.25) is 0 Å². The van der Waals surface area contributed by atoms with Crippen molar-refractivity contribution in [3.05, 3.63) is 35.4 Å². The lowest BCUT2D eigenvalue weighted by molar-refractivity contribution is -0.0533. The minimum atomic E-state index is -1.71. The van der Waals surface area contributed by atoms with Crippen molar-refractivity contribution in [3.8, 4) is 5.75 Å². The first-order valence-electron chi connectivity index (χ1n) is 12.9. The monoisotopic (exact) mass is 502 g/mol. The first-order valence-corrected chi connectivity index (χ1v) is 23.2. The molecule has 0 N–H and O–H groups in total. The quantitative estimate of drug-likeness (QED) is 0.370. The van der Waals surface area contributed by atoms with Gasteiger partial charge in [-0.25, -0.2) is 0 Å². The predicted octanol–water partition coefficient (Wildman–Crippen LogP) is 7.89. The fourth-order valence-electron chi connectivity index (χ4n) is 6.69. The van der Waals surface area contributed by atoms with Gasteiger partial charge in [-0.05, 0) is 119 Å². The van der Waals surface area contributed by atoms with E-state index in [2.05, 4.69) is 96.2 Å². The molecule has 184 valence electrons. The summed E-state index contributed by atoms with van der Waals surface area (Å²) < 4.78 is 20.1. The van der Waals surface area contributed by atoms with Crippen LogP contribution in [-0.4, -0.2) is 37.2 Å². The molecule has 3 aliphatic carbocycles. The molecule has 4 rings (SSSR count). The highest BCUT2D eigenvalue weighted by atomic mass is 28.4. The lowest BCUT2D eigenvalue weighted by Gasteiger charge is -2.54. The zero-order valence-electron chi connectivity index (χ0n) is 22.6. The van der Waals surface area contributed by atoms with Crippen molar-refractivity contribution >= 4 is 31.0 Å². The summed E-state index contributed by atoms with van der Waals surface area (Å²) in [6.07, 6.45) is 9.08. The van der Waals surface area contributed by atoms with Crippen molar-refractivity contribution in [2.75, 3.05) is 0 Å². The van der Waals surface area contributed by atoms with Crippen molar-refractivity contribution in [3.63, 3.8) is 0 Å². The van der Waals surface area contributed by atoms with Gasteiger partial charge in [-0.15, -0.1) is 0 Å². The Hall–Kier alpha value is -0.669. The Morgan fingerprint density at radius 2 is 1.52 bits per heavy atom. The van der Waals surface area contributed by atoms with Crippen molar-refractivity contribution in [2.24, 2.45) is 17.3 Å². The lowest BCUT2D eigenvalue weighted by atomic mass is 9.56. The van der Waals surface area contributed by atoms with E-state index in [0.717, 1.165) is 12.2 Å². The molecule has 3 aliphatic rings. The number of rotatable bonds is 6. The Labute approximate surface area is 205 Å². The summed E-state index contributed by atoms with van der Waals surface area (Å²) in [6, 6.07) is 6.82. The lowest BCUT2D eigenvalue weighted by Crippen LogP contribution is -2.53. The molecule has 3 nitrogen and oxygen atoms in total. The van der Waals surface area contributed by atoms with E-state index in [9.17, 15) is 0 Å². The summed E-state index contributed by atoms with van der Waals surface area (Å²) in [5.41, 5.74) is 2.98. The van der Waals surface area contributed by atoms with Gasteiger partial charge in [-0.1, -0.05) is 25.1 Å². The van der Waals surface area contributed by atoms with E-state index < -0.39 is 25.0 Å². The van der Waals surface area contributed by atoms with Crippen LogP contribution in [0.1, 0.15) is 43.2 Å². The van der Waals surface area contributed by atoms with Crippen LogP contribution >= 0.6 is 0 Å². The first-order chi connectivity index (χ1) is 15.1. The van der Waals surface area contributed by atoms with Crippen molar-refractivity contribution in [2.45, 2.75) is 103 Å². The Kier molecular flexibility index (Phi) is 6.53. The normalized spacial score (nSPS) is 33.9. The maximum Gasteiger partial charge on any atom is 0.242 e. The second-order valence-electron chi connectivity index (χ2n) is 13.8. The van der Waals surface area contributed by atoms with E-state index in [0.29, 0.717) is 23.9 Å². The van der Waals surface area contributed by atoms with E-state index in [-0.39, 0.29) is 11.5 Å². The highest BCUT2D eigenvalue weighted by molar-refractivity contribution is 6.70. The Balaban J connectivity index is 1.72. The summed E-state index contributed by atoms with van der Waals surface area (Å²) >= 11 is 0. The molecular weight excluding hydrogens is 457 g/mol. The van der Waals surface area contributed by atoms with Gasteiger partial charge in [-0.2, -0.15) is 0 Å².